The zero-order valence-corrected chi connectivity index (χ0v) is 14.9. The van der Waals surface area contributed by atoms with Gasteiger partial charge in [0.1, 0.15) is 5.82 Å². The highest BCUT2D eigenvalue weighted by Crippen LogP contribution is 2.18. The van der Waals surface area contributed by atoms with Crippen molar-refractivity contribution in [3.05, 3.63) is 24.0 Å². The van der Waals surface area contributed by atoms with E-state index >= 15 is 0 Å². The van der Waals surface area contributed by atoms with Gasteiger partial charge in [-0.15, -0.1) is 0 Å². The second-order valence-electron chi connectivity index (χ2n) is 3.26. The molecule has 0 aromatic carbocycles. The summed E-state index contributed by atoms with van der Waals surface area (Å²) in [5.74, 6) is 0.484. The molecule has 0 spiro atoms. The minimum Gasteiger partial charge on any atom is -0.344 e. The Morgan fingerprint density at radius 3 is 2.40 bits per heavy atom. The smallest absolute Gasteiger partial charge is 0.189 e. The Morgan fingerprint density at radius 2 is 2.00 bits per heavy atom. The van der Waals surface area contributed by atoms with E-state index in [9.17, 15) is 4.79 Å². The van der Waals surface area contributed by atoms with E-state index in [2.05, 4.69) is 34.5 Å². The molecule has 0 radical (unpaired) electrons. The number of aromatic nitrogens is 2. The number of Topliss-reactive ketones (excluding diaryl/α,β-unsaturated/α-hetero) is 1. The number of hydrogen-bond acceptors (Lipinski definition) is 6. The summed E-state index contributed by atoms with van der Waals surface area (Å²) in [6, 6.07) is 0. The van der Waals surface area contributed by atoms with Crippen LogP contribution in [0.5, 0.6) is 0 Å². The molecule has 114 valence electrons. The largest absolute Gasteiger partial charge is 0.344 e. The molecule has 1 aromatic heterocycles. The van der Waals surface area contributed by atoms with Gasteiger partial charge in [-0.05, 0) is 25.9 Å². The summed E-state index contributed by atoms with van der Waals surface area (Å²) in [5, 5.41) is 3.67. The Bertz CT molecular complexity index is 423. The van der Waals surface area contributed by atoms with Crippen molar-refractivity contribution in [3.63, 3.8) is 0 Å². The van der Waals surface area contributed by atoms with Crippen LogP contribution in [0.3, 0.4) is 0 Å². The van der Waals surface area contributed by atoms with Crippen LogP contribution in [-0.2, 0) is 0 Å². The van der Waals surface area contributed by atoms with Crippen LogP contribution in [0, 0.1) is 0 Å². The molecule has 0 unspecified atom stereocenters. The molecular formula is C14H25N3OS2. The lowest BCUT2D eigenvalue weighted by Gasteiger charge is -2.10. The lowest BCUT2D eigenvalue weighted by molar-refractivity contribution is 0.101. The van der Waals surface area contributed by atoms with Gasteiger partial charge in [-0.25, -0.2) is 9.97 Å². The number of hydrogen-bond donors (Lipinski definition) is 2. The summed E-state index contributed by atoms with van der Waals surface area (Å²) in [6.07, 6.45) is 5.92. The third kappa shape index (κ3) is 7.55. The average Bonchev–Trinajstić information content (AvgIpc) is 2.50. The van der Waals surface area contributed by atoms with Crippen molar-refractivity contribution < 1.29 is 4.79 Å². The number of rotatable bonds is 5. The summed E-state index contributed by atoms with van der Waals surface area (Å²) >= 11 is 4.96. The molecule has 6 heteroatoms. The molecule has 1 heterocycles. The second kappa shape index (κ2) is 13.0. The fraction of sp³-hybridized carbons (Fsp3) is 0.500. The number of carbonyl (C=O) groups is 1. The second-order valence-corrected chi connectivity index (χ2v) is 4.03. The highest BCUT2D eigenvalue weighted by Gasteiger charge is 2.11. The summed E-state index contributed by atoms with van der Waals surface area (Å²) < 4.78 is 0. The predicted molar refractivity (Wildman–Crippen MR) is 93.1 cm³/mol. The number of thioether (sulfide) groups is 1. The molecule has 1 aromatic rings. The van der Waals surface area contributed by atoms with Crippen molar-refractivity contribution >= 4 is 36.0 Å². The monoisotopic (exact) mass is 315 g/mol. The van der Waals surface area contributed by atoms with Crippen LogP contribution in [-0.4, -0.2) is 28.3 Å². The molecule has 0 aliphatic carbocycles. The Kier molecular flexibility index (Phi) is 13.8. The van der Waals surface area contributed by atoms with E-state index in [1.807, 2.05) is 27.0 Å². The highest BCUT2D eigenvalue weighted by atomic mass is 32.2. The summed E-state index contributed by atoms with van der Waals surface area (Å²) in [6.45, 7) is 11.3. The van der Waals surface area contributed by atoms with Crippen LogP contribution in [0.4, 0.5) is 5.82 Å². The summed E-state index contributed by atoms with van der Waals surface area (Å²) in [4.78, 5) is 19.7. The molecule has 0 amide bonds. The summed E-state index contributed by atoms with van der Waals surface area (Å²) in [7, 11) is 0. The molecule has 0 saturated carbocycles. The fourth-order valence-corrected chi connectivity index (χ4v) is 1.41. The van der Waals surface area contributed by atoms with Crippen LogP contribution in [0.2, 0.25) is 0 Å². The Hall–Kier alpha value is -1.01. The van der Waals surface area contributed by atoms with Crippen LogP contribution in [0.1, 0.15) is 44.5 Å². The maximum absolute atomic E-state index is 11.4. The molecule has 0 aliphatic rings. The number of allylic oxidation sites excluding steroid dienone is 1. The van der Waals surface area contributed by atoms with Gasteiger partial charge in [-0.2, -0.15) is 12.6 Å². The van der Waals surface area contributed by atoms with Gasteiger partial charge < -0.3 is 5.32 Å². The van der Waals surface area contributed by atoms with Crippen molar-refractivity contribution in [2.75, 3.05) is 17.8 Å². The van der Waals surface area contributed by atoms with E-state index in [0.29, 0.717) is 16.5 Å². The van der Waals surface area contributed by atoms with E-state index in [1.54, 1.807) is 12.5 Å². The van der Waals surface area contributed by atoms with Crippen molar-refractivity contribution in [2.45, 2.75) is 39.3 Å². The molecule has 20 heavy (non-hydrogen) atoms. The number of nitrogens with zero attached hydrogens (tertiary/aromatic N) is 2. The zero-order valence-electron chi connectivity index (χ0n) is 13.1. The summed E-state index contributed by atoms with van der Waals surface area (Å²) in [5.41, 5.74) is 1.32. The lowest BCUT2D eigenvalue weighted by Crippen LogP contribution is -2.07. The van der Waals surface area contributed by atoms with Crippen molar-refractivity contribution in [1.82, 2.24) is 9.97 Å². The third-order valence-electron chi connectivity index (χ3n) is 2.05. The van der Waals surface area contributed by atoms with Crippen molar-refractivity contribution in [1.29, 1.82) is 0 Å². The van der Waals surface area contributed by atoms with Crippen LogP contribution >= 0.6 is 24.4 Å². The molecular weight excluding hydrogens is 290 g/mol. The van der Waals surface area contributed by atoms with Crippen LogP contribution in [0.15, 0.2) is 23.6 Å². The Labute approximate surface area is 132 Å². The number of anilines is 1. The molecule has 0 atom stereocenters. The van der Waals surface area contributed by atoms with Gasteiger partial charge in [0.25, 0.3) is 0 Å². The molecule has 0 bridgehead atoms. The van der Waals surface area contributed by atoms with Crippen LogP contribution in [0.25, 0.3) is 0 Å². The molecule has 0 aliphatic heterocycles. The van der Waals surface area contributed by atoms with Gasteiger partial charge in [0.05, 0.1) is 5.56 Å². The number of carbonyl (C=O) groups excluding carboxylic acids is 1. The maximum Gasteiger partial charge on any atom is 0.189 e. The first-order chi connectivity index (χ1) is 9.58. The molecule has 0 fully saturated rings. The normalized spacial score (nSPS) is 8.55. The van der Waals surface area contributed by atoms with Gasteiger partial charge in [-0.3, -0.25) is 4.79 Å². The highest BCUT2D eigenvalue weighted by molar-refractivity contribution is 7.98. The number of ketones is 1. The minimum atomic E-state index is -0.0564. The van der Waals surface area contributed by atoms with Crippen molar-refractivity contribution in [3.8, 4) is 0 Å². The molecule has 4 nitrogen and oxygen atoms in total. The minimum absolute atomic E-state index is 0.0564. The first-order valence-electron chi connectivity index (χ1n) is 6.40. The van der Waals surface area contributed by atoms with E-state index in [-0.39, 0.29) is 5.78 Å². The van der Waals surface area contributed by atoms with Gasteiger partial charge in [0.2, 0.25) is 0 Å². The van der Waals surface area contributed by atoms with Gasteiger partial charge in [-0.1, -0.05) is 39.1 Å². The third-order valence-corrected chi connectivity index (χ3v) is 2.61. The van der Waals surface area contributed by atoms with Crippen LogP contribution < -0.4 is 5.32 Å². The lowest BCUT2D eigenvalue weighted by atomic mass is 10.2. The topological polar surface area (TPSA) is 54.9 Å². The standard InChI is InChI=1S/C11H15N3OS.C2H6.CH4S/c1-5-7(2)13-10-9(8(3)15)6-12-11(14-10)16-4;2*1-2/h6H,2,5H2,1,3-4H3,(H,12,13,14);1-2H3;2H,1H3. The molecule has 1 rings (SSSR count). The van der Waals surface area contributed by atoms with E-state index in [0.717, 1.165) is 12.1 Å². The first kappa shape index (κ1) is 21.3. The zero-order chi connectivity index (χ0) is 16.1. The fourth-order valence-electron chi connectivity index (χ4n) is 1.07. The SMILES string of the molecule is C=C(CC)Nc1nc(SC)ncc1C(C)=O.CC.CS. The average molecular weight is 316 g/mol. The Morgan fingerprint density at radius 1 is 1.45 bits per heavy atom. The van der Waals surface area contributed by atoms with Gasteiger partial charge in [0, 0.05) is 11.9 Å². The predicted octanol–water partition coefficient (Wildman–Crippen LogP) is 4.31. The quantitative estimate of drug-likeness (QED) is 0.367. The van der Waals surface area contributed by atoms with E-state index in [4.69, 9.17) is 0 Å². The maximum atomic E-state index is 11.4. The Balaban J connectivity index is 0. The number of nitrogens with one attached hydrogen (secondary N) is 1. The van der Waals surface area contributed by atoms with Crippen molar-refractivity contribution in [2.24, 2.45) is 0 Å². The molecule has 0 saturated heterocycles. The molecule has 1 N–H and O–H groups in total. The van der Waals surface area contributed by atoms with E-state index < -0.39 is 0 Å². The first-order valence-corrected chi connectivity index (χ1v) is 8.51. The number of thiol groups is 1. The van der Waals surface area contributed by atoms with Gasteiger partial charge in [0.15, 0.2) is 10.9 Å². The van der Waals surface area contributed by atoms with E-state index in [1.165, 1.54) is 18.7 Å². The van der Waals surface area contributed by atoms with Gasteiger partial charge >= 0.3 is 0 Å².